The molecule has 0 atom stereocenters. The van der Waals surface area contributed by atoms with E-state index in [1.165, 1.54) is 5.56 Å². The Bertz CT molecular complexity index is 1110. The molecule has 0 aliphatic rings. The second-order valence-electron chi connectivity index (χ2n) is 6.92. The summed E-state index contributed by atoms with van der Waals surface area (Å²) in [5.74, 6) is 0.580. The fourth-order valence-corrected chi connectivity index (χ4v) is 2.92. The molecule has 1 heterocycles. The van der Waals surface area contributed by atoms with E-state index < -0.39 is 0 Å². The molecule has 0 aliphatic carbocycles. The molecule has 0 aliphatic heterocycles. The van der Waals surface area contributed by atoms with Gasteiger partial charge in [-0.2, -0.15) is 0 Å². The van der Waals surface area contributed by atoms with Gasteiger partial charge in [0.1, 0.15) is 5.75 Å². The van der Waals surface area contributed by atoms with E-state index in [1.807, 2.05) is 73.7 Å². The first-order valence-corrected chi connectivity index (χ1v) is 9.66. The summed E-state index contributed by atoms with van der Waals surface area (Å²) in [6, 6.07) is 25.2. The second kappa shape index (κ2) is 9.01. The molecule has 0 fully saturated rings. The van der Waals surface area contributed by atoms with Crippen LogP contribution >= 0.6 is 0 Å². The zero-order valence-corrected chi connectivity index (χ0v) is 16.6. The summed E-state index contributed by atoms with van der Waals surface area (Å²) in [5.41, 5.74) is 4.65. The molecule has 4 rings (SSSR count). The summed E-state index contributed by atoms with van der Waals surface area (Å²) in [4.78, 5) is 20.9. The topological polar surface area (TPSA) is 64.1 Å². The number of carbonyl (C=O) groups excluding carboxylic acids is 1. The van der Waals surface area contributed by atoms with Crippen LogP contribution in [-0.4, -0.2) is 15.9 Å². The van der Waals surface area contributed by atoms with E-state index in [1.54, 1.807) is 24.5 Å². The van der Waals surface area contributed by atoms with E-state index in [0.717, 1.165) is 16.7 Å². The number of benzene rings is 3. The number of hydrogen-bond donors (Lipinski definition) is 1. The number of ether oxygens (including phenoxy) is 1. The van der Waals surface area contributed by atoms with Gasteiger partial charge in [0.15, 0.2) is 0 Å². The summed E-state index contributed by atoms with van der Waals surface area (Å²) in [5, 5.41) is 2.94. The van der Waals surface area contributed by atoms with E-state index in [2.05, 4.69) is 15.3 Å². The average molecular weight is 395 g/mol. The highest BCUT2D eigenvalue weighted by molar-refractivity contribution is 5.94. The molecule has 4 aromatic rings. The highest BCUT2D eigenvalue weighted by Gasteiger charge is 2.07. The van der Waals surface area contributed by atoms with Crippen molar-refractivity contribution in [2.75, 3.05) is 0 Å². The van der Waals surface area contributed by atoms with Gasteiger partial charge >= 0.3 is 6.01 Å². The maximum absolute atomic E-state index is 12.4. The van der Waals surface area contributed by atoms with Gasteiger partial charge in [0.05, 0.1) is 0 Å². The molecule has 1 aromatic heterocycles. The van der Waals surface area contributed by atoms with Crippen molar-refractivity contribution in [1.82, 2.24) is 15.3 Å². The Morgan fingerprint density at radius 3 is 2.17 bits per heavy atom. The van der Waals surface area contributed by atoms with E-state index >= 15 is 0 Å². The zero-order chi connectivity index (χ0) is 20.8. The lowest BCUT2D eigenvalue weighted by Gasteiger charge is -2.07. The van der Waals surface area contributed by atoms with E-state index in [0.29, 0.717) is 17.9 Å². The number of aryl methyl sites for hydroxylation is 1. The van der Waals surface area contributed by atoms with Gasteiger partial charge in [-0.15, -0.1) is 0 Å². The Hall–Kier alpha value is -3.99. The van der Waals surface area contributed by atoms with Crippen molar-refractivity contribution in [3.8, 4) is 22.9 Å². The molecule has 0 unspecified atom stereocenters. The van der Waals surface area contributed by atoms with Crippen molar-refractivity contribution in [2.24, 2.45) is 0 Å². The third-order valence-electron chi connectivity index (χ3n) is 4.63. The third kappa shape index (κ3) is 4.89. The quantitative estimate of drug-likeness (QED) is 0.489. The number of nitrogens with zero attached hydrogens (tertiary/aromatic N) is 2. The average Bonchev–Trinajstić information content (AvgIpc) is 2.80. The molecule has 5 heteroatoms. The second-order valence-corrected chi connectivity index (χ2v) is 6.92. The number of carbonyl (C=O) groups is 1. The Morgan fingerprint density at radius 1 is 0.833 bits per heavy atom. The van der Waals surface area contributed by atoms with Crippen LogP contribution in [0.15, 0.2) is 91.3 Å². The van der Waals surface area contributed by atoms with E-state index in [4.69, 9.17) is 4.74 Å². The van der Waals surface area contributed by atoms with Gasteiger partial charge in [-0.1, -0.05) is 60.2 Å². The SMILES string of the molecule is Cc1ccc(CNC(=O)c2ccc(-c3cnc(Oc4ccccc4)nc3)cc2)cc1. The first-order valence-electron chi connectivity index (χ1n) is 9.66. The van der Waals surface area contributed by atoms with Crippen LogP contribution in [0.2, 0.25) is 0 Å². The summed E-state index contributed by atoms with van der Waals surface area (Å²) in [6.45, 7) is 2.54. The Balaban J connectivity index is 1.37. The summed E-state index contributed by atoms with van der Waals surface area (Å²) < 4.78 is 5.61. The van der Waals surface area contributed by atoms with Crippen LogP contribution in [0.1, 0.15) is 21.5 Å². The Morgan fingerprint density at radius 2 is 1.50 bits per heavy atom. The smallest absolute Gasteiger partial charge is 0.321 e. The molecule has 0 spiro atoms. The van der Waals surface area contributed by atoms with Crippen molar-refractivity contribution < 1.29 is 9.53 Å². The van der Waals surface area contributed by atoms with Crippen LogP contribution in [0.25, 0.3) is 11.1 Å². The van der Waals surface area contributed by atoms with Crippen LogP contribution in [-0.2, 0) is 6.54 Å². The molecule has 148 valence electrons. The minimum absolute atomic E-state index is 0.106. The molecule has 30 heavy (non-hydrogen) atoms. The first kappa shape index (κ1) is 19.3. The number of aromatic nitrogens is 2. The van der Waals surface area contributed by atoms with Crippen LogP contribution in [0.3, 0.4) is 0 Å². The number of amides is 1. The van der Waals surface area contributed by atoms with Gasteiger partial charge in [-0.05, 0) is 42.3 Å². The molecule has 0 saturated carbocycles. The van der Waals surface area contributed by atoms with E-state index in [-0.39, 0.29) is 11.9 Å². The maximum atomic E-state index is 12.4. The van der Waals surface area contributed by atoms with Crippen LogP contribution < -0.4 is 10.1 Å². The molecule has 5 nitrogen and oxygen atoms in total. The van der Waals surface area contributed by atoms with Crippen molar-refractivity contribution in [2.45, 2.75) is 13.5 Å². The van der Waals surface area contributed by atoms with Crippen LogP contribution in [0.4, 0.5) is 0 Å². The molecule has 0 saturated heterocycles. The van der Waals surface area contributed by atoms with E-state index in [9.17, 15) is 4.79 Å². The fourth-order valence-electron chi connectivity index (χ4n) is 2.92. The standard InChI is InChI=1S/C25H21N3O2/c1-18-7-9-19(10-8-18)15-26-24(29)21-13-11-20(12-14-21)22-16-27-25(28-17-22)30-23-5-3-2-4-6-23/h2-14,16-17H,15H2,1H3,(H,26,29). The lowest BCUT2D eigenvalue weighted by molar-refractivity contribution is 0.0951. The summed E-state index contributed by atoms with van der Waals surface area (Å²) >= 11 is 0. The predicted octanol–water partition coefficient (Wildman–Crippen LogP) is 5.17. The van der Waals surface area contributed by atoms with Crippen LogP contribution in [0.5, 0.6) is 11.8 Å². The lowest BCUT2D eigenvalue weighted by Crippen LogP contribution is -2.22. The van der Waals surface area contributed by atoms with Gasteiger partial charge < -0.3 is 10.1 Å². The maximum Gasteiger partial charge on any atom is 0.321 e. The predicted molar refractivity (Wildman–Crippen MR) is 116 cm³/mol. The highest BCUT2D eigenvalue weighted by Crippen LogP contribution is 2.21. The number of nitrogens with one attached hydrogen (secondary N) is 1. The zero-order valence-electron chi connectivity index (χ0n) is 16.6. The fraction of sp³-hybridized carbons (Fsp3) is 0.0800. The lowest BCUT2D eigenvalue weighted by atomic mass is 10.1. The van der Waals surface area contributed by atoms with Gasteiger partial charge in [0.2, 0.25) is 0 Å². The highest BCUT2D eigenvalue weighted by atomic mass is 16.5. The largest absolute Gasteiger partial charge is 0.424 e. The van der Waals surface area contributed by atoms with Gasteiger partial charge in [0, 0.05) is 30.1 Å². The molecule has 0 bridgehead atoms. The van der Waals surface area contributed by atoms with Crippen molar-refractivity contribution in [3.63, 3.8) is 0 Å². The van der Waals surface area contributed by atoms with Gasteiger partial charge in [0.25, 0.3) is 5.91 Å². The molecular weight excluding hydrogens is 374 g/mol. The number of para-hydroxylation sites is 1. The summed E-state index contributed by atoms with van der Waals surface area (Å²) in [7, 11) is 0. The van der Waals surface area contributed by atoms with Gasteiger partial charge in [-0.25, -0.2) is 9.97 Å². The molecule has 1 N–H and O–H groups in total. The summed E-state index contributed by atoms with van der Waals surface area (Å²) in [6.07, 6.45) is 3.41. The minimum atomic E-state index is -0.106. The Kier molecular flexibility index (Phi) is 5.80. The van der Waals surface area contributed by atoms with Gasteiger partial charge in [-0.3, -0.25) is 4.79 Å². The first-order chi connectivity index (χ1) is 14.7. The normalized spacial score (nSPS) is 10.4. The third-order valence-corrected chi connectivity index (χ3v) is 4.63. The monoisotopic (exact) mass is 395 g/mol. The van der Waals surface area contributed by atoms with Crippen molar-refractivity contribution in [3.05, 3.63) is 108 Å². The van der Waals surface area contributed by atoms with Crippen molar-refractivity contribution >= 4 is 5.91 Å². The molecular formula is C25H21N3O2. The molecule has 3 aromatic carbocycles. The van der Waals surface area contributed by atoms with Crippen LogP contribution in [0, 0.1) is 6.92 Å². The minimum Gasteiger partial charge on any atom is -0.424 e. The molecule has 1 amide bonds. The number of rotatable bonds is 6. The molecule has 0 radical (unpaired) electrons. The van der Waals surface area contributed by atoms with Crippen molar-refractivity contribution in [1.29, 1.82) is 0 Å². The Labute approximate surface area is 175 Å². The number of hydrogen-bond acceptors (Lipinski definition) is 4.